The number of hydrogen-bond acceptors (Lipinski definition) is 2. The molecule has 3 aromatic rings. The zero-order chi connectivity index (χ0) is 18.4. The number of rotatable bonds is 5. The number of aryl methyl sites for hydroxylation is 1. The van der Waals surface area contributed by atoms with Crippen LogP contribution in [0.25, 0.3) is 0 Å². The van der Waals surface area contributed by atoms with Crippen LogP contribution in [-0.2, 0) is 6.54 Å². The van der Waals surface area contributed by atoms with Gasteiger partial charge in [-0.3, -0.25) is 0 Å². The van der Waals surface area contributed by atoms with Crippen molar-refractivity contribution < 1.29 is 0 Å². The first-order chi connectivity index (χ1) is 12.6. The molecule has 26 heavy (non-hydrogen) atoms. The number of thiocarbonyl (C=S) groups is 1. The smallest absolute Gasteiger partial charge is 0.171 e. The summed E-state index contributed by atoms with van der Waals surface area (Å²) >= 11 is 13.1. The van der Waals surface area contributed by atoms with Crippen molar-refractivity contribution in [3.8, 4) is 0 Å². The molecule has 5 heteroatoms. The molecule has 3 aromatic carbocycles. The van der Waals surface area contributed by atoms with Crippen LogP contribution in [0.15, 0.2) is 82.6 Å². The SMILES string of the molecule is Cc1ccc(CNC(=S)Nc2ccccc2Sc2ccc(Cl)cc2)cc1. The lowest BCUT2D eigenvalue weighted by Gasteiger charge is -2.14. The number of anilines is 1. The van der Waals surface area contributed by atoms with Gasteiger partial charge in [-0.05, 0) is 61.1 Å². The molecule has 0 aliphatic heterocycles. The van der Waals surface area contributed by atoms with E-state index in [4.69, 9.17) is 23.8 Å². The summed E-state index contributed by atoms with van der Waals surface area (Å²) in [5.74, 6) is 0. The molecule has 0 saturated carbocycles. The molecular weight excluding hydrogens is 380 g/mol. The van der Waals surface area contributed by atoms with Crippen molar-refractivity contribution in [3.63, 3.8) is 0 Å². The maximum atomic E-state index is 5.96. The molecule has 0 unspecified atom stereocenters. The summed E-state index contributed by atoms with van der Waals surface area (Å²) in [4.78, 5) is 2.23. The predicted molar refractivity (Wildman–Crippen MR) is 116 cm³/mol. The quantitative estimate of drug-likeness (QED) is 0.493. The zero-order valence-electron chi connectivity index (χ0n) is 14.3. The van der Waals surface area contributed by atoms with Gasteiger partial charge in [0.05, 0.1) is 5.69 Å². The molecule has 2 nitrogen and oxygen atoms in total. The number of para-hydroxylation sites is 1. The van der Waals surface area contributed by atoms with Crippen molar-refractivity contribution in [2.45, 2.75) is 23.3 Å². The summed E-state index contributed by atoms with van der Waals surface area (Å²) in [6, 6.07) is 24.4. The van der Waals surface area contributed by atoms with E-state index in [0.717, 1.165) is 20.5 Å². The number of hydrogen-bond donors (Lipinski definition) is 2. The normalized spacial score (nSPS) is 10.4. The molecular formula is C21H19ClN2S2. The Bertz CT molecular complexity index is 877. The third-order valence-electron chi connectivity index (χ3n) is 3.75. The fourth-order valence-electron chi connectivity index (χ4n) is 2.34. The third kappa shape index (κ3) is 5.49. The Hall–Kier alpha value is -2.01. The van der Waals surface area contributed by atoms with Gasteiger partial charge in [-0.2, -0.15) is 0 Å². The molecule has 2 N–H and O–H groups in total. The molecule has 0 aliphatic carbocycles. The predicted octanol–water partition coefficient (Wildman–Crippen LogP) is 6.29. The minimum Gasteiger partial charge on any atom is -0.358 e. The number of nitrogens with one attached hydrogen (secondary N) is 2. The van der Waals surface area contributed by atoms with Crippen LogP contribution in [0.3, 0.4) is 0 Å². The van der Waals surface area contributed by atoms with Crippen LogP contribution in [0.1, 0.15) is 11.1 Å². The molecule has 0 heterocycles. The van der Waals surface area contributed by atoms with Gasteiger partial charge < -0.3 is 10.6 Å². The van der Waals surface area contributed by atoms with E-state index in [0.29, 0.717) is 11.7 Å². The highest BCUT2D eigenvalue weighted by atomic mass is 35.5. The molecule has 3 rings (SSSR count). The summed E-state index contributed by atoms with van der Waals surface area (Å²) in [6.45, 7) is 2.78. The van der Waals surface area contributed by atoms with Gasteiger partial charge in [0.25, 0.3) is 0 Å². The summed E-state index contributed by atoms with van der Waals surface area (Å²) in [6.07, 6.45) is 0. The van der Waals surface area contributed by atoms with Gasteiger partial charge in [-0.1, -0.05) is 65.3 Å². The van der Waals surface area contributed by atoms with Gasteiger partial charge in [0.15, 0.2) is 5.11 Å². The highest BCUT2D eigenvalue weighted by molar-refractivity contribution is 7.99. The zero-order valence-corrected chi connectivity index (χ0v) is 16.7. The highest BCUT2D eigenvalue weighted by Gasteiger charge is 2.06. The minimum absolute atomic E-state index is 0.606. The van der Waals surface area contributed by atoms with Gasteiger partial charge in [0.2, 0.25) is 0 Å². The molecule has 0 amide bonds. The van der Waals surface area contributed by atoms with Crippen molar-refractivity contribution in [2.24, 2.45) is 0 Å². The molecule has 0 radical (unpaired) electrons. The highest BCUT2D eigenvalue weighted by Crippen LogP contribution is 2.33. The standard InChI is InChI=1S/C21H19ClN2S2/c1-15-6-8-16(9-7-15)14-23-21(25)24-19-4-2-3-5-20(19)26-18-12-10-17(22)11-13-18/h2-13H,14H2,1H3,(H2,23,24,25). The van der Waals surface area contributed by atoms with E-state index in [1.165, 1.54) is 11.1 Å². The fraction of sp³-hybridized carbons (Fsp3) is 0.0952. The van der Waals surface area contributed by atoms with Crippen molar-refractivity contribution in [3.05, 3.63) is 88.9 Å². The van der Waals surface area contributed by atoms with E-state index in [2.05, 4.69) is 47.9 Å². The van der Waals surface area contributed by atoms with Crippen LogP contribution >= 0.6 is 35.6 Å². The lowest BCUT2D eigenvalue weighted by atomic mass is 10.1. The third-order valence-corrected chi connectivity index (χ3v) is 5.33. The van der Waals surface area contributed by atoms with Crippen molar-refractivity contribution >= 4 is 46.4 Å². The van der Waals surface area contributed by atoms with Gasteiger partial charge in [-0.15, -0.1) is 0 Å². The number of halogens is 1. The van der Waals surface area contributed by atoms with E-state index in [-0.39, 0.29) is 0 Å². The summed E-state index contributed by atoms with van der Waals surface area (Å²) < 4.78 is 0. The van der Waals surface area contributed by atoms with E-state index >= 15 is 0 Å². The second kappa shape index (κ2) is 9.08. The molecule has 0 bridgehead atoms. The first-order valence-electron chi connectivity index (χ1n) is 8.23. The van der Waals surface area contributed by atoms with Crippen molar-refractivity contribution in [1.29, 1.82) is 0 Å². The lowest BCUT2D eigenvalue weighted by Crippen LogP contribution is -2.28. The second-order valence-corrected chi connectivity index (χ2v) is 7.81. The Kier molecular flexibility index (Phi) is 6.56. The monoisotopic (exact) mass is 398 g/mol. The maximum absolute atomic E-state index is 5.96. The summed E-state index contributed by atoms with van der Waals surface area (Å²) in [7, 11) is 0. The first-order valence-corrected chi connectivity index (χ1v) is 9.83. The molecule has 0 spiro atoms. The average Bonchev–Trinajstić information content (AvgIpc) is 2.65. The van der Waals surface area contributed by atoms with Gasteiger partial charge >= 0.3 is 0 Å². The largest absolute Gasteiger partial charge is 0.358 e. The Labute approximate surface area is 169 Å². The van der Waals surface area contributed by atoms with Gasteiger partial charge in [-0.25, -0.2) is 0 Å². The first kappa shape index (κ1) is 18.8. The van der Waals surface area contributed by atoms with Crippen LogP contribution in [0.2, 0.25) is 5.02 Å². The maximum Gasteiger partial charge on any atom is 0.171 e. The van der Waals surface area contributed by atoms with Crippen LogP contribution in [-0.4, -0.2) is 5.11 Å². The van der Waals surface area contributed by atoms with E-state index in [1.807, 2.05) is 42.5 Å². The number of benzene rings is 3. The Morgan fingerprint density at radius 1 is 0.962 bits per heavy atom. The van der Waals surface area contributed by atoms with Crippen LogP contribution in [0, 0.1) is 6.92 Å². The summed E-state index contributed by atoms with van der Waals surface area (Å²) in [5, 5.41) is 7.90. The van der Waals surface area contributed by atoms with Crippen LogP contribution < -0.4 is 10.6 Å². The molecule has 132 valence electrons. The van der Waals surface area contributed by atoms with Gasteiger partial charge in [0.1, 0.15) is 0 Å². The molecule has 0 fully saturated rings. The minimum atomic E-state index is 0.606. The fourth-order valence-corrected chi connectivity index (χ4v) is 3.55. The van der Waals surface area contributed by atoms with Crippen molar-refractivity contribution in [2.75, 3.05) is 5.32 Å². The van der Waals surface area contributed by atoms with Crippen LogP contribution in [0.5, 0.6) is 0 Å². The Balaban J connectivity index is 1.62. The van der Waals surface area contributed by atoms with E-state index in [9.17, 15) is 0 Å². The van der Waals surface area contributed by atoms with E-state index < -0.39 is 0 Å². The van der Waals surface area contributed by atoms with Crippen LogP contribution in [0.4, 0.5) is 5.69 Å². The average molecular weight is 399 g/mol. The van der Waals surface area contributed by atoms with Crippen molar-refractivity contribution in [1.82, 2.24) is 5.32 Å². The molecule has 0 aliphatic rings. The lowest BCUT2D eigenvalue weighted by molar-refractivity contribution is 0.924. The summed E-state index contributed by atoms with van der Waals surface area (Å²) in [5.41, 5.74) is 3.43. The Morgan fingerprint density at radius 3 is 2.38 bits per heavy atom. The molecule has 0 aromatic heterocycles. The molecule has 0 saturated heterocycles. The molecule has 0 atom stereocenters. The second-order valence-electron chi connectivity index (χ2n) is 5.85. The van der Waals surface area contributed by atoms with E-state index in [1.54, 1.807) is 11.8 Å². The topological polar surface area (TPSA) is 24.1 Å². The Morgan fingerprint density at radius 2 is 1.65 bits per heavy atom. The van der Waals surface area contributed by atoms with Gasteiger partial charge in [0, 0.05) is 21.4 Å².